The Balaban J connectivity index is 1.22. The molecule has 1 saturated heterocycles. The average molecular weight is 441 g/mol. The summed E-state index contributed by atoms with van der Waals surface area (Å²) in [5, 5.41) is 7.47. The maximum atomic E-state index is 12.6. The summed E-state index contributed by atoms with van der Waals surface area (Å²) >= 11 is 0. The molecule has 0 saturated carbocycles. The first-order valence-corrected chi connectivity index (χ1v) is 11.5. The predicted octanol–water partition coefficient (Wildman–Crippen LogP) is 5.11. The van der Waals surface area contributed by atoms with Crippen LogP contribution in [0.15, 0.2) is 66.9 Å². The summed E-state index contributed by atoms with van der Waals surface area (Å²) in [5.74, 6) is 1.51. The molecular weight excluding hydrogens is 412 g/mol. The topological polar surface area (TPSA) is 75.1 Å². The fourth-order valence-corrected chi connectivity index (χ4v) is 4.27. The summed E-state index contributed by atoms with van der Waals surface area (Å²) in [4.78, 5) is 24.2. The van der Waals surface area contributed by atoms with Crippen LogP contribution in [0, 0.1) is 6.92 Å². The molecule has 1 aliphatic heterocycles. The molecule has 5 rings (SSSR count). The van der Waals surface area contributed by atoms with Gasteiger partial charge in [-0.2, -0.15) is 4.98 Å². The molecule has 33 heavy (non-hydrogen) atoms. The van der Waals surface area contributed by atoms with Crippen molar-refractivity contribution in [1.29, 1.82) is 0 Å². The quantitative estimate of drug-likeness (QED) is 0.436. The van der Waals surface area contributed by atoms with Crippen LogP contribution in [0.25, 0.3) is 10.9 Å². The van der Waals surface area contributed by atoms with E-state index in [-0.39, 0.29) is 12.5 Å². The second-order valence-corrected chi connectivity index (χ2v) is 8.50. The number of benzene rings is 2. The largest absolute Gasteiger partial charge is 0.341 e. The lowest BCUT2D eigenvalue weighted by atomic mass is 10.1. The zero-order chi connectivity index (χ0) is 22.6. The van der Waals surface area contributed by atoms with Gasteiger partial charge < -0.3 is 20.1 Å². The molecule has 0 radical (unpaired) electrons. The molecule has 2 aromatic carbocycles. The zero-order valence-electron chi connectivity index (χ0n) is 18.8. The molecule has 3 heterocycles. The van der Waals surface area contributed by atoms with Gasteiger partial charge in [0.1, 0.15) is 12.4 Å². The highest BCUT2D eigenvalue weighted by Crippen LogP contribution is 2.22. The smallest absolute Gasteiger partial charge is 0.244 e. The van der Waals surface area contributed by atoms with Gasteiger partial charge in [0, 0.05) is 47.9 Å². The number of para-hydroxylation sites is 1. The third kappa shape index (κ3) is 4.98. The van der Waals surface area contributed by atoms with E-state index < -0.39 is 0 Å². The van der Waals surface area contributed by atoms with Gasteiger partial charge in [-0.15, -0.1) is 0 Å². The van der Waals surface area contributed by atoms with Crippen LogP contribution in [-0.4, -0.2) is 33.5 Å². The third-order valence-electron chi connectivity index (χ3n) is 5.92. The second kappa shape index (κ2) is 9.32. The van der Waals surface area contributed by atoms with Crippen molar-refractivity contribution in [2.75, 3.05) is 28.6 Å². The van der Waals surface area contributed by atoms with Crippen LogP contribution in [0.4, 0.5) is 23.1 Å². The van der Waals surface area contributed by atoms with Crippen molar-refractivity contribution in [1.82, 2.24) is 14.5 Å². The summed E-state index contributed by atoms with van der Waals surface area (Å²) in [5.41, 5.74) is 3.66. The maximum Gasteiger partial charge on any atom is 0.244 e. The van der Waals surface area contributed by atoms with Gasteiger partial charge in [0.05, 0.1) is 0 Å². The second-order valence-electron chi connectivity index (χ2n) is 8.50. The Morgan fingerprint density at radius 3 is 2.52 bits per heavy atom. The lowest BCUT2D eigenvalue weighted by molar-refractivity contribution is -0.116. The van der Waals surface area contributed by atoms with Crippen LogP contribution < -0.4 is 15.5 Å². The molecule has 1 fully saturated rings. The number of amides is 1. The van der Waals surface area contributed by atoms with Crippen LogP contribution in [0.3, 0.4) is 0 Å². The van der Waals surface area contributed by atoms with E-state index in [9.17, 15) is 4.79 Å². The standard InChI is InChI=1S/C26H28N6O/c1-19-17-24(30-26(27-19)31-14-5-2-6-15-31)28-21-9-11-22(12-10-21)29-25(33)18-32-16-13-20-7-3-4-8-23(20)32/h3-4,7-13,16-17H,2,5-6,14-15,18H2,1H3,(H,29,33)(H,27,28,30). The SMILES string of the molecule is Cc1cc(Nc2ccc(NC(=O)Cn3ccc4ccccc43)cc2)nc(N2CCCCC2)n1. The van der Waals surface area contributed by atoms with Crippen molar-refractivity contribution >= 4 is 40.0 Å². The molecule has 7 heteroatoms. The number of piperidine rings is 1. The monoisotopic (exact) mass is 440 g/mol. The fourth-order valence-electron chi connectivity index (χ4n) is 4.27. The predicted molar refractivity (Wildman–Crippen MR) is 133 cm³/mol. The molecule has 0 unspecified atom stereocenters. The van der Waals surface area contributed by atoms with Crippen LogP contribution in [0.5, 0.6) is 0 Å². The molecule has 1 amide bonds. The van der Waals surface area contributed by atoms with Crippen molar-refractivity contribution in [2.24, 2.45) is 0 Å². The van der Waals surface area contributed by atoms with Gasteiger partial charge in [0.15, 0.2) is 0 Å². The number of aromatic nitrogens is 3. The fraction of sp³-hybridized carbons (Fsp3) is 0.269. The molecule has 4 aromatic rings. The van der Waals surface area contributed by atoms with E-state index in [0.717, 1.165) is 52.8 Å². The Morgan fingerprint density at radius 1 is 0.939 bits per heavy atom. The minimum atomic E-state index is -0.0605. The summed E-state index contributed by atoms with van der Waals surface area (Å²) < 4.78 is 1.96. The Labute approximate surface area is 193 Å². The summed E-state index contributed by atoms with van der Waals surface area (Å²) in [6.07, 6.45) is 5.60. The van der Waals surface area contributed by atoms with Gasteiger partial charge in [-0.25, -0.2) is 4.98 Å². The van der Waals surface area contributed by atoms with E-state index in [2.05, 4.69) is 20.5 Å². The number of nitrogens with zero attached hydrogens (tertiary/aromatic N) is 4. The lowest BCUT2D eigenvalue weighted by Gasteiger charge is -2.27. The van der Waals surface area contributed by atoms with E-state index in [1.54, 1.807) is 0 Å². The van der Waals surface area contributed by atoms with Gasteiger partial charge >= 0.3 is 0 Å². The first kappa shape index (κ1) is 21.0. The van der Waals surface area contributed by atoms with Gasteiger partial charge in [-0.1, -0.05) is 18.2 Å². The molecule has 2 aromatic heterocycles. The Morgan fingerprint density at radius 2 is 1.70 bits per heavy atom. The highest BCUT2D eigenvalue weighted by Gasteiger charge is 2.15. The number of hydrogen-bond donors (Lipinski definition) is 2. The molecule has 168 valence electrons. The number of hydrogen-bond acceptors (Lipinski definition) is 5. The number of rotatable bonds is 6. The Hall–Kier alpha value is -3.87. The van der Waals surface area contributed by atoms with Crippen molar-refractivity contribution < 1.29 is 4.79 Å². The van der Waals surface area contributed by atoms with Crippen LogP contribution >= 0.6 is 0 Å². The number of fused-ring (bicyclic) bond motifs is 1. The van der Waals surface area contributed by atoms with E-state index >= 15 is 0 Å². The van der Waals surface area contributed by atoms with Crippen LogP contribution in [0.1, 0.15) is 25.0 Å². The average Bonchev–Trinajstić information content (AvgIpc) is 3.23. The first-order valence-electron chi connectivity index (χ1n) is 11.5. The van der Waals surface area contributed by atoms with Gasteiger partial charge in [-0.3, -0.25) is 4.79 Å². The molecule has 0 atom stereocenters. The molecule has 0 bridgehead atoms. The number of nitrogens with one attached hydrogen (secondary N) is 2. The summed E-state index contributed by atoms with van der Waals surface area (Å²) in [6, 6.07) is 19.7. The molecular formula is C26H28N6O. The number of carbonyl (C=O) groups excluding carboxylic acids is 1. The van der Waals surface area contributed by atoms with Crippen molar-refractivity contribution in [3.05, 3.63) is 72.6 Å². The minimum Gasteiger partial charge on any atom is -0.341 e. The van der Waals surface area contributed by atoms with E-state index in [4.69, 9.17) is 4.98 Å². The molecule has 7 nitrogen and oxygen atoms in total. The highest BCUT2D eigenvalue weighted by atomic mass is 16.1. The van der Waals surface area contributed by atoms with E-state index in [1.165, 1.54) is 19.3 Å². The maximum absolute atomic E-state index is 12.6. The Kier molecular flexibility index (Phi) is 5.93. The van der Waals surface area contributed by atoms with Gasteiger partial charge in [0.25, 0.3) is 0 Å². The van der Waals surface area contributed by atoms with Crippen LogP contribution in [0.2, 0.25) is 0 Å². The molecule has 0 spiro atoms. The molecule has 0 aliphatic carbocycles. The minimum absolute atomic E-state index is 0.0605. The Bertz CT molecular complexity index is 1260. The normalized spacial score (nSPS) is 13.8. The lowest BCUT2D eigenvalue weighted by Crippen LogP contribution is -2.31. The summed E-state index contributed by atoms with van der Waals surface area (Å²) in [7, 11) is 0. The zero-order valence-corrected chi connectivity index (χ0v) is 18.8. The first-order chi connectivity index (χ1) is 16.1. The number of aryl methyl sites for hydroxylation is 1. The van der Waals surface area contributed by atoms with Crippen LogP contribution in [-0.2, 0) is 11.3 Å². The molecule has 2 N–H and O–H groups in total. The molecule has 1 aliphatic rings. The van der Waals surface area contributed by atoms with Gasteiger partial charge in [0.2, 0.25) is 11.9 Å². The number of carbonyl (C=O) groups is 1. The van der Waals surface area contributed by atoms with Crippen molar-refractivity contribution in [3.8, 4) is 0 Å². The number of anilines is 4. The van der Waals surface area contributed by atoms with Gasteiger partial charge in [-0.05, 0) is 68.0 Å². The third-order valence-corrected chi connectivity index (χ3v) is 5.92. The van der Waals surface area contributed by atoms with E-state index in [0.29, 0.717) is 0 Å². The van der Waals surface area contributed by atoms with Crippen molar-refractivity contribution in [2.45, 2.75) is 32.7 Å². The van der Waals surface area contributed by atoms with E-state index in [1.807, 2.05) is 78.4 Å². The summed E-state index contributed by atoms with van der Waals surface area (Å²) in [6.45, 7) is 4.28. The highest BCUT2D eigenvalue weighted by molar-refractivity contribution is 5.92. The van der Waals surface area contributed by atoms with Crippen molar-refractivity contribution in [3.63, 3.8) is 0 Å².